The van der Waals surface area contributed by atoms with E-state index in [9.17, 15) is 12.8 Å². The second-order valence-corrected chi connectivity index (χ2v) is 7.32. The van der Waals surface area contributed by atoms with Crippen molar-refractivity contribution in [1.29, 1.82) is 0 Å². The summed E-state index contributed by atoms with van der Waals surface area (Å²) in [5.41, 5.74) is 6.44. The van der Waals surface area contributed by atoms with Crippen molar-refractivity contribution in [2.75, 3.05) is 5.73 Å². The average molecular weight is 302 g/mol. The molecule has 0 aliphatic heterocycles. The van der Waals surface area contributed by atoms with E-state index in [0.29, 0.717) is 17.9 Å². The van der Waals surface area contributed by atoms with E-state index in [1.807, 2.05) is 0 Å². The average Bonchev–Trinajstić information content (AvgIpc) is 2.30. The number of nitrogen functional groups attached to an aromatic ring is 1. The molecular weight excluding hydrogens is 279 g/mol. The summed E-state index contributed by atoms with van der Waals surface area (Å²) in [4.78, 5) is -0.392. The number of rotatable bonds is 6. The number of hydrogen-bond acceptors (Lipinski definition) is 3. The van der Waals surface area contributed by atoms with Crippen molar-refractivity contribution in [2.24, 2.45) is 5.92 Å². The standard InChI is InChI=1S/C14H23FN2O2S/c1-9(2)5-6-11(4)17-20(18,19)14-8-13(16)10(3)7-12(14)15/h7-9,11,17H,5-6,16H2,1-4H3. The first-order chi connectivity index (χ1) is 9.13. The minimum absolute atomic E-state index is 0.246. The summed E-state index contributed by atoms with van der Waals surface area (Å²) in [5, 5.41) is 0. The zero-order valence-electron chi connectivity index (χ0n) is 12.4. The van der Waals surface area contributed by atoms with E-state index in [1.54, 1.807) is 13.8 Å². The van der Waals surface area contributed by atoms with Crippen LogP contribution in [-0.4, -0.2) is 14.5 Å². The summed E-state index contributed by atoms with van der Waals surface area (Å²) in [7, 11) is -3.88. The van der Waals surface area contributed by atoms with E-state index in [1.165, 1.54) is 6.07 Å². The highest BCUT2D eigenvalue weighted by atomic mass is 32.2. The van der Waals surface area contributed by atoms with Crippen LogP contribution in [0.5, 0.6) is 0 Å². The van der Waals surface area contributed by atoms with E-state index >= 15 is 0 Å². The Balaban J connectivity index is 2.92. The van der Waals surface area contributed by atoms with Gasteiger partial charge >= 0.3 is 0 Å². The number of aryl methyl sites for hydroxylation is 1. The van der Waals surface area contributed by atoms with Crippen LogP contribution in [0.1, 0.15) is 39.2 Å². The summed E-state index contributed by atoms with van der Waals surface area (Å²) < 4.78 is 40.6. The molecule has 0 spiro atoms. The van der Waals surface area contributed by atoms with Crippen LogP contribution in [0.3, 0.4) is 0 Å². The third-order valence-corrected chi connectivity index (χ3v) is 4.75. The first kappa shape index (κ1) is 16.9. The normalized spacial score (nSPS) is 13.7. The number of halogens is 1. The van der Waals surface area contributed by atoms with Gasteiger partial charge in [-0.2, -0.15) is 0 Å². The van der Waals surface area contributed by atoms with E-state index < -0.39 is 20.7 Å². The Bertz CT molecular complexity index is 571. The fourth-order valence-electron chi connectivity index (χ4n) is 1.85. The van der Waals surface area contributed by atoms with Gasteiger partial charge in [0, 0.05) is 11.7 Å². The molecule has 0 fully saturated rings. The summed E-state index contributed by atoms with van der Waals surface area (Å²) in [6, 6.07) is 2.06. The maximum atomic E-state index is 13.8. The summed E-state index contributed by atoms with van der Waals surface area (Å²) in [6.45, 7) is 7.55. The molecule has 0 radical (unpaired) electrons. The van der Waals surface area contributed by atoms with Gasteiger partial charge in [0.1, 0.15) is 10.7 Å². The second-order valence-electron chi connectivity index (χ2n) is 5.63. The molecule has 6 heteroatoms. The lowest BCUT2D eigenvalue weighted by Gasteiger charge is -2.16. The maximum absolute atomic E-state index is 13.8. The quantitative estimate of drug-likeness (QED) is 0.794. The SMILES string of the molecule is Cc1cc(F)c(S(=O)(=O)NC(C)CCC(C)C)cc1N. The van der Waals surface area contributed by atoms with Crippen LogP contribution in [0, 0.1) is 18.7 Å². The Morgan fingerprint density at radius 1 is 1.25 bits per heavy atom. The van der Waals surface area contributed by atoms with Crippen molar-refractivity contribution in [3.05, 3.63) is 23.5 Å². The van der Waals surface area contributed by atoms with Crippen LogP contribution in [0.15, 0.2) is 17.0 Å². The summed E-state index contributed by atoms with van der Waals surface area (Å²) in [6.07, 6.45) is 1.61. The Hall–Kier alpha value is -1.14. The van der Waals surface area contributed by atoms with Gasteiger partial charge in [-0.15, -0.1) is 0 Å². The highest BCUT2D eigenvalue weighted by molar-refractivity contribution is 7.89. The van der Waals surface area contributed by atoms with Gasteiger partial charge in [-0.3, -0.25) is 0 Å². The number of nitrogens with two attached hydrogens (primary N) is 1. The first-order valence-electron chi connectivity index (χ1n) is 6.71. The van der Waals surface area contributed by atoms with Gasteiger partial charge < -0.3 is 5.73 Å². The van der Waals surface area contributed by atoms with Crippen molar-refractivity contribution < 1.29 is 12.8 Å². The predicted molar refractivity (Wildman–Crippen MR) is 79.4 cm³/mol. The Morgan fingerprint density at radius 2 is 1.85 bits per heavy atom. The van der Waals surface area contributed by atoms with Gasteiger partial charge in [-0.25, -0.2) is 17.5 Å². The van der Waals surface area contributed by atoms with E-state index in [2.05, 4.69) is 18.6 Å². The predicted octanol–water partition coefficient (Wildman–Crippen LogP) is 2.82. The Morgan fingerprint density at radius 3 is 2.40 bits per heavy atom. The number of hydrogen-bond donors (Lipinski definition) is 2. The Labute approximate surface area is 120 Å². The topological polar surface area (TPSA) is 72.2 Å². The van der Waals surface area contributed by atoms with Crippen LogP contribution in [-0.2, 0) is 10.0 Å². The first-order valence-corrected chi connectivity index (χ1v) is 8.19. The Kier molecular flexibility index (Phi) is 5.53. The zero-order valence-corrected chi connectivity index (χ0v) is 13.2. The third kappa shape index (κ3) is 4.45. The van der Waals surface area contributed by atoms with Crippen LogP contribution < -0.4 is 10.5 Å². The molecule has 1 rings (SSSR count). The lowest BCUT2D eigenvalue weighted by atomic mass is 10.1. The largest absolute Gasteiger partial charge is 0.398 e. The van der Waals surface area contributed by atoms with Crippen molar-refractivity contribution in [3.63, 3.8) is 0 Å². The van der Waals surface area contributed by atoms with Gasteiger partial charge in [0.25, 0.3) is 0 Å². The summed E-state index contributed by atoms with van der Waals surface area (Å²) in [5.74, 6) is -0.283. The maximum Gasteiger partial charge on any atom is 0.243 e. The van der Waals surface area contributed by atoms with Crippen LogP contribution in [0.4, 0.5) is 10.1 Å². The van der Waals surface area contributed by atoms with E-state index in [-0.39, 0.29) is 11.7 Å². The number of nitrogens with one attached hydrogen (secondary N) is 1. The second kappa shape index (κ2) is 6.54. The molecule has 1 aromatic rings. The monoisotopic (exact) mass is 302 g/mol. The molecule has 0 bridgehead atoms. The molecule has 0 amide bonds. The highest BCUT2D eigenvalue weighted by Gasteiger charge is 2.22. The van der Waals surface area contributed by atoms with E-state index in [4.69, 9.17) is 5.73 Å². The molecular formula is C14H23FN2O2S. The van der Waals surface area contributed by atoms with Crippen molar-refractivity contribution in [3.8, 4) is 0 Å². The van der Waals surface area contributed by atoms with Crippen LogP contribution in [0.25, 0.3) is 0 Å². The molecule has 0 aliphatic rings. The molecule has 1 unspecified atom stereocenters. The lowest BCUT2D eigenvalue weighted by Crippen LogP contribution is -2.33. The lowest BCUT2D eigenvalue weighted by molar-refractivity contribution is 0.483. The molecule has 4 nitrogen and oxygen atoms in total. The van der Waals surface area contributed by atoms with Crippen LogP contribution in [0.2, 0.25) is 0 Å². The van der Waals surface area contributed by atoms with Gasteiger partial charge in [-0.1, -0.05) is 13.8 Å². The molecule has 1 aromatic carbocycles. The molecule has 114 valence electrons. The number of anilines is 1. The van der Waals surface area contributed by atoms with Gasteiger partial charge in [0.15, 0.2) is 0 Å². The fraction of sp³-hybridized carbons (Fsp3) is 0.571. The molecule has 1 atom stereocenters. The minimum Gasteiger partial charge on any atom is -0.398 e. The fourth-order valence-corrected chi connectivity index (χ4v) is 3.22. The molecule has 20 heavy (non-hydrogen) atoms. The number of benzene rings is 1. The minimum atomic E-state index is -3.88. The van der Waals surface area contributed by atoms with Gasteiger partial charge in [0.2, 0.25) is 10.0 Å². The molecule has 0 aromatic heterocycles. The van der Waals surface area contributed by atoms with Crippen molar-refractivity contribution >= 4 is 15.7 Å². The smallest absolute Gasteiger partial charge is 0.243 e. The molecule has 0 aliphatic carbocycles. The molecule has 0 heterocycles. The van der Waals surface area contributed by atoms with Gasteiger partial charge in [0.05, 0.1) is 0 Å². The molecule has 3 N–H and O–H groups in total. The summed E-state index contributed by atoms with van der Waals surface area (Å²) >= 11 is 0. The van der Waals surface area contributed by atoms with E-state index in [0.717, 1.165) is 12.5 Å². The molecule has 0 saturated carbocycles. The molecule has 0 saturated heterocycles. The van der Waals surface area contributed by atoms with Crippen molar-refractivity contribution in [2.45, 2.75) is 51.5 Å². The van der Waals surface area contributed by atoms with Gasteiger partial charge in [-0.05, 0) is 50.3 Å². The zero-order chi connectivity index (χ0) is 15.5. The van der Waals surface area contributed by atoms with Crippen LogP contribution >= 0.6 is 0 Å². The van der Waals surface area contributed by atoms with Crippen molar-refractivity contribution in [1.82, 2.24) is 4.72 Å². The highest BCUT2D eigenvalue weighted by Crippen LogP contribution is 2.22. The third-order valence-electron chi connectivity index (χ3n) is 3.14. The number of sulfonamides is 1.